The van der Waals surface area contributed by atoms with Gasteiger partial charge in [0.1, 0.15) is 22.4 Å². The van der Waals surface area contributed by atoms with Crippen molar-refractivity contribution < 1.29 is 19.1 Å². The second-order valence-electron chi connectivity index (χ2n) is 5.65. The van der Waals surface area contributed by atoms with E-state index in [1.165, 1.54) is 18.9 Å². The number of rotatable bonds is 5. The molecule has 136 valence electrons. The third-order valence-corrected chi connectivity index (χ3v) is 5.24. The number of carbonyl (C=O) groups excluding carboxylic acids is 2. The molecular formula is C20H16N2O4S. The molecule has 0 aliphatic carbocycles. The number of nitrogens with zero attached hydrogens (tertiary/aromatic N) is 2. The summed E-state index contributed by atoms with van der Waals surface area (Å²) in [6.07, 6.45) is 0. The predicted octanol–water partition coefficient (Wildman–Crippen LogP) is 3.40. The van der Waals surface area contributed by atoms with Crippen molar-refractivity contribution >= 4 is 29.2 Å². The second kappa shape index (κ2) is 7.98. The van der Waals surface area contributed by atoms with Crippen molar-refractivity contribution in [3.05, 3.63) is 64.7 Å². The van der Waals surface area contributed by atoms with E-state index >= 15 is 0 Å². The highest BCUT2D eigenvalue weighted by Crippen LogP contribution is 2.46. The van der Waals surface area contributed by atoms with Crippen molar-refractivity contribution in [3.63, 3.8) is 0 Å². The highest BCUT2D eigenvalue weighted by molar-refractivity contribution is 8.03. The second-order valence-corrected chi connectivity index (χ2v) is 6.68. The molecular weight excluding hydrogens is 364 g/mol. The van der Waals surface area contributed by atoms with Gasteiger partial charge in [-0.25, -0.2) is 4.79 Å². The zero-order valence-electron chi connectivity index (χ0n) is 14.8. The Bertz CT molecular complexity index is 961. The molecule has 0 atom stereocenters. The molecule has 7 heteroatoms. The first-order valence-electron chi connectivity index (χ1n) is 8.04. The third-order valence-electron chi connectivity index (χ3n) is 4.00. The van der Waals surface area contributed by atoms with E-state index in [0.717, 1.165) is 10.6 Å². The molecule has 2 aromatic rings. The molecule has 2 aromatic carbocycles. The number of Topliss-reactive ketones (excluding diaryl/α,β-unsaturated/α-hetero) is 1. The number of para-hydroxylation sites is 1. The van der Waals surface area contributed by atoms with E-state index in [-0.39, 0.29) is 5.57 Å². The summed E-state index contributed by atoms with van der Waals surface area (Å²) in [7, 11) is 3.32. The van der Waals surface area contributed by atoms with Crippen LogP contribution in [0.25, 0.3) is 0 Å². The van der Waals surface area contributed by atoms with Crippen LogP contribution in [-0.4, -0.2) is 32.5 Å². The molecule has 1 aliphatic rings. The molecule has 0 saturated heterocycles. The number of hydrogen-bond donors (Lipinski definition) is 0. The molecule has 3 rings (SSSR count). The first-order chi connectivity index (χ1) is 13.0. The van der Waals surface area contributed by atoms with Crippen LogP contribution in [0, 0.1) is 11.3 Å². The van der Waals surface area contributed by atoms with Gasteiger partial charge in [-0.1, -0.05) is 23.9 Å². The SMILES string of the molecule is COc1ccc(C(=O)OCC(=O)/C(C#N)=C2\Sc3ccccc3N2C)cc1. The van der Waals surface area contributed by atoms with Crippen LogP contribution in [0.2, 0.25) is 0 Å². The fourth-order valence-corrected chi connectivity index (χ4v) is 3.73. The molecule has 0 aromatic heterocycles. The zero-order valence-corrected chi connectivity index (χ0v) is 15.6. The lowest BCUT2D eigenvalue weighted by Crippen LogP contribution is -2.20. The van der Waals surface area contributed by atoms with Gasteiger partial charge in [0, 0.05) is 11.9 Å². The van der Waals surface area contributed by atoms with E-state index in [9.17, 15) is 14.9 Å². The molecule has 0 fully saturated rings. The van der Waals surface area contributed by atoms with Crippen molar-refractivity contribution in [2.45, 2.75) is 4.90 Å². The quantitative estimate of drug-likeness (QED) is 0.447. The van der Waals surface area contributed by atoms with Gasteiger partial charge in [-0.3, -0.25) is 4.79 Å². The molecule has 27 heavy (non-hydrogen) atoms. The average molecular weight is 380 g/mol. The molecule has 0 N–H and O–H groups in total. The lowest BCUT2D eigenvalue weighted by Gasteiger charge is -2.14. The normalized spacial score (nSPS) is 14.2. The van der Waals surface area contributed by atoms with Gasteiger partial charge in [0.25, 0.3) is 0 Å². The largest absolute Gasteiger partial charge is 0.497 e. The summed E-state index contributed by atoms with van der Waals surface area (Å²) in [4.78, 5) is 27.3. The summed E-state index contributed by atoms with van der Waals surface area (Å²) in [6.45, 7) is -0.498. The predicted molar refractivity (Wildman–Crippen MR) is 102 cm³/mol. The maximum atomic E-state index is 12.5. The van der Waals surface area contributed by atoms with Gasteiger partial charge < -0.3 is 14.4 Å². The monoisotopic (exact) mass is 380 g/mol. The van der Waals surface area contributed by atoms with Gasteiger partial charge in [0.05, 0.1) is 18.4 Å². The smallest absolute Gasteiger partial charge is 0.338 e. The van der Waals surface area contributed by atoms with Crippen molar-refractivity contribution in [1.29, 1.82) is 5.26 Å². The van der Waals surface area contributed by atoms with Gasteiger partial charge in [0.2, 0.25) is 5.78 Å². The van der Waals surface area contributed by atoms with Crippen molar-refractivity contribution in [2.75, 3.05) is 25.7 Å². The standard InChI is InChI=1S/C20H16N2O4S/c1-22-16-5-3-4-6-18(16)27-19(22)15(11-21)17(23)12-26-20(24)13-7-9-14(25-2)10-8-13/h3-10H,12H2,1-2H3/b19-15-. The number of carbonyl (C=O) groups is 2. The van der Waals surface area contributed by atoms with Gasteiger partial charge in [-0.05, 0) is 36.4 Å². The Labute approximate surface area is 161 Å². The van der Waals surface area contributed by atoms with E-state index in [4.69, 9.17) is 9.47 Å². The maximum Gasteiger partial charge on any atom is 0.338 e. The first kappa shape index (κ1) is 18.5. The number of methoxy groups -OCH3 is 1. The van der Waals surface area contributed by atoms with Crippen molar-refractivity contribution in [3.8, 4) is 11.8 Å². The Balaban J connectivity index is 1.71. The first-order valence-corrected chi connectivity index (χ1v) is 8.86. The number of anilines is 1. The van der Waals surface area contributed by atoms with Crippen LogP contribution in [0.3, 0.4) is 0 Å². The molecule has 0 saturated carbocycles. The van der Waals surface area contributed by atoms with Crippen molar-refractivity contribution in [1.82, 2.24) is 0 Å². The summed E-state index contributed by atoms with van der Waals surface area (Å²) in [5, 5.41) is 10.0. The lowest BCUT2D eigenvalue weighted by atomic mass is 10.2. The van der Waals surface area contributed by atoms with Gasteiger partial charge in [-0.15, -0.1) is 0 Å². The Morgan fingerprint density at radius 2 is 1.85 bits per heavy atom. The van der Waals surface area contributed by atoms with E-state index < -0.39 is 18.4 Å². The van der Waals surface area contributed by atoms with Gasteiger partial charge in [0.15, 0.2) is 6.61 Å². The number of fused-ring (bicyclic) bond motifs is 1. The number of thioether (sulfide) groups is 1. The molecule has 0 unspecified atom stereocenters. The van der Waals surface area contributed by atoms with Crippen LogP contribution in [-0.2, 0) is 9.53 Å². The highest BCUT2D eigenvalue weighted by Gasteiger charge is 2.28. The maximum absolute atomic E-state index is 12.5. The third kappa shape index (κ3) is 3.81. The number of esters is 1. The van der Waals surface area contributed by atoms with E-state index in [0.29, 0.717) is 16.3 Å². The van der Waals surface area contributed by atoms with Gasteiger partial charge >= 0.3 is 5.97 Å². The minimum Gasteiger partial charge on any atom is -0.497 e. The summed E-state index contributed by atoms with van der Waals surface area (Å²) < 4.78 is 10.1. The van der Waals surface area contributed by atoms with Crippen LogP contribution in [0.1, 0.15) is 10.4 Å². The molecule has 1 aliphatic heterocycles. The fourth-order valence-electron chi connectivity index (χ4n) is 2.56. The number of ketones is 1. The fraction of sp³-hybridized carbons (Fsp3) is 0.150. The van der Waals surface area contributed by atoms with E-state index in [1.807, 2.05) is 30.3 Å². The minimum absolute atomic E-state index is 0.0266. The molecule has 0 amide bonds. The van der Waals surface area contributed by atoms with Crippen LogP contribution in [0.4, 0.5) is 5.69 Å². The summed E-state index contributed by atoms with van der Waals surface area (Å²) in [5.74, 6) is -0.564. The van der Waals surface area contributed by atoms with Crippen LogP contribution < -0.4 is 9.64 Å². The number of nitriles is 1. The highest BCUT2D eigenvalue weighted by atomic mass is 32.2. The Hall–Kier alpha value is -3.24. The van der Waals surface area contributed by atoms with Gasteiger partial charge in [-0.2, -0.15) is 5.26 Å². The molecule has 6 nitrogen and oxygen atoms in total. The summed E-state index contributed by atoms with van der Waals surface area (Å²) in [5.41, 5.74) is 1.20. The lowest BCUT2D eigenvalue weighted by molar-refractivity contribution is -0.118. The molecule has 1 heterocycles. The number of benzene rings is 2. The molecule has 0 spiro atoms. The van der Waals surface area contributed by atoms with Crippen LogP contribution in [0.15, 0.2) is 64.0 Å². The number of ether oxygens (including phenoxy) is 2. The Kier molecular flexibility index (Phi) is 5.48. The molecule has 0 radical (unpaired) electrons. The minimum atomic E-state index is -0.635. The van der Waals surface area contributed by atoms with Crippen molar-refractivity contribution in [2.24, 2.45) is 0 Å². The Morgan fingerprint density at radius 3 is 2.48 bits per heavy atom. The summed E-state index contributed by atoms with van der Waals surface area (Å²) >= 11 is 1.35. The van der Waals surface area contributed by atoms with E-state index in [1.54, 1.807) is 36.2 Å². The Morgan fingerprint density at radius 1 is 1.15 bits per heavy atom. The summed E-state index contributed by atoms with van der Waals surface area (Å²) in [6, 6.07) is 15.9. The topological polar surface area (TPSA) is 79.6 Å². The van der Waals surface area contributed by atoms with E-state index in [2.05, 4.69) is 0 Å². The average Bonchev–Trinajstić information content (AvgIpc) is 3.03. The van der Waals surface area contributed by atoms with Crippen LogP contribution in [0.5, 0.6) is 5.75 Å². The molecule has 0 bridgehead atoms. The number of hydrogen-bond acceptors (Lipinski definition) is 7. The van der Waals surface area contributed by atoms with Crippen LogP contribution >= 0.6 is 11.8 Å². The zero-order chi connectivity index (χ0) is 19.4.